The Morgan fingerprint density at radius 2 is 1.44 bits per heavy atom. The minimum atomic E-state index is 0.0890. The van der Waals surface area contributed by atoms with Crippen molar-refractivity contribution >= 4 is 46.1 Å². The van der Waals surface area contributed by atoms with Crippen LogP contribution in [0.3, 0.4) is 0 Å². The van der Waals surface area contributed by atoms with Gasteiger partial charge in [-0.1, -0.05) is 13.8 Å². The van der Waals surface area contributed by atoms with Crippen molar-refractivity contribution in [2.75, 3.05) is 0 Å². The largest absolute Gasteiger partial charge is 0.375 e. The number of thiocarbonyl (C=S) groups is 2. The summed E-state index contributed by atoms with van der Waals surface area (Å²) in [5.74, 6) is 0. The van der Waals surface area contributed by atoms with Gasteiger partial charge in [-0.3, -0.25) is 10.9 Å². The molecule has 0 bridgehead atoms. The van der Waals surface area contributed by atoms with Gasteiger partial charge in [-0.15, -0.1) is 0 Å². The number of hydrogen-bond acceptors (Lipinski definition) is 4. The van der Waals surface area contributed by atoms with Crippen LogP contribution in [0.15, 0.2) is 10.2 Å². The molecule has 1 fully saturated rings. The van der Waals surface area contributed by atoms with Crippen LogP contribution >= 0.6 is 24.4 Å². The van der Waals surface area contributed by atoms with E-state index in [-0.39, 0.29) is 15.6 Å². The summed E-state index contributed by atoms with van der Waals surface area (Å²) in [7, 11) is 0. The van der Waals surface area contributed by atoms with Gasteiger partial charge in [0.1, 0.15) is 0 Å². The number of nitrogens with one attached hydrogen (secondary N) is 2. The van der Waals surface area contributed by atoms with Crippen LogP contribution in [0.1, 0.15) is 33.1 Å². The summed E-state index contributed by atoms with van der Waals surface area (Å²) in [6.07, 6.45) is 2.40. The van der Waals surface area contributed by atoms with E-state index < -0.39 is 0 Å². The van der Waals surface area contributed by atoms with Crippen LogP contribution < -0.4 is 22.3 Å². The Kier molecular flexibility index (Phi) is 4.97. The highest BCUT2D eigenvalue weighted by atomic mass is 32.1. The van der Waals surface area contributed by atoms with Gasteiger partial charge in [-0.05, 0) is 42.7 Å². The molecule has 0 radical (unpaired) electrons. The van der Waals surface area contributed by atoms with E-state index >= 15 is 0 Å². The minimum absolute atomic E-state index is 0.0890. The van der Waals surface area contributed by atoms with Crippen molar-refractivity contribution < 1.29 is 0 Å². The molecule has 100 valence electrons. The molecule has 1 rings (SSSR count). The zero-order chi connectivity index (χ0) is 13.8. The van der Waals surface area contributed by atoms with Gasteiger partial charge >= 0.3 is 0 Å². The number of hydrogen-bond donors (Lipinski definition) is 4. The molecule has 0 saturated heterocycles. The van der Waals surface area contributed by atoms with Crippen LogP contribution in [0, 0.1) is 5.41 Å². The summed E-state index contributed by atoms with van der Waals surface area (Å²) < 4.78 is 0. The van der Waals surface area contributed by atoms with E-state index in [9.17, 15) is 0 Å². The molecule has 1 saturated carbocycles. The van der Waals surface area contributed by atoms with Crippen molar-refractivity contribution in [3.8, 4) is 0 Å². The Morgan fingerprint density at radius 1 is 1.06 bits per heavy atom. The maximum Gasteiger partial charge on any atom is 0.184 e. The van der Waals surface area contributed by atoms with Crippen molar-refractivity contribution in [3.05, 3.63) is 0 Å². The Labute approximate surface area is 117 Å². The second-order valence-electron chi connectivity index (χ2n) is 5.00. The predicted molar refractivity (Wildman–Crippen MR) is 82.3 cm³/mol. The highest BCUT2D eigenvalue weighted by molar-refractivity contribution is 7.80. The van der Waals surface area contributed by atoms with E-state index in [2.05, 4.69) is 34.9 Å². The molecular formula is C10H18N6S2. The maximum atomic E-state index is 5.35. The first-order valence-corrected chi connectivity index (χ1v) is 6.32. The second kappa shape index (κ2) is 6.05. The van der Waals surface area contributed by atoms with Crippen molar-refractivity contribution in [2.24, 2.45) is 27.1 Å². The van der Waals surface area contributed by atoms with Gasteiger partial charge in [0.15, 0.2) is 10.2 Å². The topological polar surface area (TPSA) is 101 Å². The van der Waals surface area contributed by atoms with Crippen molar-refractivity contribution in [3.63, 3.8) is 0 Å². The first-order valence-electron chi connectivity index (χ1n) is 5.50. The molecule has 1 aliphatic rings. The van der Waals surface area contributed by atoms with E-state index in [0.29, 0.717) is 6.42 Å². The van der Waals surface area contributed by atoms with Crippen LogP contribution in [-0.4, -0.2) is 21.6 Å². The quantitative estimate of drug-likeness (QED) is 0.437. The summed E-state index contributed by atoms with van der Waals surface area (Å²) in [6.45, 7) is 4.30. The third-order valence-corrected chi connectivity index (χ3v) is 2.60. The van der Waals surface area contributed by atoms with Gasteiger partial charge in [0.05, 0.1) is 0 Å². The first-order chi connectivity index (χ1) is 8.28. The van der Waals surface area contributed by atoms with Gasteiger partial charge in [-0.2, -0.15) is 10.2 Å². The van der Waals surface area contributed by atoms with E-state index in [1.54, 1.807) is 0 Å². The number of rotatable bonds is 2. The number of nitrogens with zero attached hydrogens (tertiary/aromatic N) is 2. The first kappa shape index (κ1) is 14.8. The molecule has 0 spiro atoms. The van der Waals surface area contributed by atoms with Gasteiger partial charge < -0.3 is 11.5 Å². The lowest BCUT2D eigenvalue weighted by atomic mass is 9.75. The zero-order valence-corrected chi connectivity index (χ0v) is 12.1. The molecule has 0 aromatic heterocycles. The molecule has 18 heavy (non-hydrogen) atoms. The van der Waals surface area contributed by atoms with E-state index in [4.69, 9.17) is 35.9 Å². The Bertz CT molecular complexity index is 377. The Hall–Kier alpha value is -1.28. The normalized spacial score (nSPS) is 22.8. The van der Waals surface area contributed by atoms with E-state index in [1.807, 2.05) is 0 Å². The fraction of sp³-hybridized carbons (Fsp3) is 0.600. The molecule has 8 heteroatoms. The zero-order valence-electron chi connectivity index (χ0n) is 10.5. The van der Waals surface area contributed by atoms with Crippen molar-refractivity contribution in [2.45, 2.75) is 33.1 Å². The lowest BCUT2D eigenvalue weighted by molar-refractivity contribution is 0.388. The molecule has 0 heterocycles. The molecule has 6 nitrogen and oxygen atoms in total. The second-order valence-corrected chi connectivity index (χ2v) is 5.88. The molecule has 0 aliphatic heterocycles. The van der Waals surface area contributed by atoms with Crippen LogP contribution in [0.25, 0.3) is 0 Å². The summed E-state index contributed by atoms with van der Waals surface area (Å²) in [6, 6.07) is 0. The van der Waals surface area contributed by atoms with Crippen LogP contribution in [0.5, 0.6) is 0 Å². The minimum Gasteiger partial charge on any atom is -0.375 e. The van der Waals surface area contributed by atoms with Crippen LogP contribution in [-0.2, 0) is 0 Å². The number of nitrogens with two attached hydrogens (primary N) is 2. The van der Waals surface area contributed by atoms with E-state index in [1.165, 1.54) is 0 Å². The fourth-order valence-corrected chi connectivity index (χ4v) is 2.05. The third kappa shape index (κ3) is 5.37. The molecule has 1 aliphatic carbocycles. The van der Waals surface area contributed by atoms with Crippen molar-refractivity contribution in [1.82, 2.24) is 10.9 Å². The smallest absolute Gasteiger partial charge is 0.184 e. The van der Waals surface area contributed by atoms with E-state index in [0.717, 1.165) is 24.3 Å². The monoisotopic (exact) mass is 286 g/mol. The standard InChI is InChI=1S/C10H18N6S2/c1-10(2)4-6(13-15-8(11)17)3-7(5-10)14-16-9(12)18/h3-5H2,1-2H3,(H3,11,15,17)(H3,12,16,18)/b13-6-,14-7+. The van der Waals surface area contributed by atoms with Crippen LogP contribution in [0.4, 0.5) is 0 Å². The summed E-state index contributed by atoms with van der Waals surface area (Å²) in [5.41, 5.74) is 17.9. The molecular weight excluding hydrogens is 268 g/mol. The third-order valence-electron chi connectivity index (χ3n) is 2.42. The maximum absolute atomic E-state index is 5.35. The van der Waals surface area contributed by atoms with Crippen molar-refractivity contribution in [1.29, 1.82) is 0 Å². The summed E-state index contributed by atoms with van der Waals surface area (Å²) >= 11 is 9.44. The molecule has 0 unspecified atom stereocenters. The van der Waals surface area contributed by atoms with Gasteiger partial charge in [0, 0.05) is 17.8 Å². The molecule has 6 N–H and O–H groups in total. The average Bonchev–Trinajstić information content (AvgIpc) is 2.21. The Morgan fingerprint density at radius 3 is 1.78 bits per heavy atom. The van der Waals surface area contributed by atoms with Crippen LogP contribution in [0.2, 0.25) is 0 Å². The average molecular weight is 286 g/mol. The molecule has 0 atom stereocenters. The van der Waals surface area contributed by atoms with Gasteiger partial charge in [-0.25, -0.2) is 0 Å². The van der Waals surface area contributed by atoms with Gasteiger partial charge in [0.2, 0.25) is 0 Å². The highest BCUT2D eigenvalue weighted by Crippen LogP contribution is 2.32. The predicted octanol–water partition coefficient (Wildman–Crippen LogP) is 0.575. The molecule has 0 amide bonds. The molecule has 0 aromatic carbocycles. The number of hydrazone groups is 2. The summed E-state index contributed by atoms with van der Waals surface area (Å²) in [4.78, 5) is 0. The summed E-state index contributed by atoms with van der Waals surface area (Å²) in [5, 5.41) is 8.68. The Balaban J connectivity index is 2.78. The fourth-order valence-electron chi connectivity index (χ4n) is 1.95. The lowest BCUT2D eigenvalue weighted by Gasteiger charge is -2.31. The highest BCUT2D eigenvalue weighted by Gasteiger charge is 2.29. The molecule has 0 aromatic rings. The van der Waals surface area contributed by atoms with Gasteiger partial charge in [0.25, 0.3) is 0 Å². The SMILES string of the molecule is CC1(C)C/C(=N/NC(N)=S)C/C(=N/NC(N)=S)C1. The lowest BCUT2D eigenvalue weighted by Crippen LogP contribution is -2.34.